The molecule has 0 bridgehead atoms. The van der Waals surface area contributed by atoms with Crippen molar-refractivity contribution in [3.63, 3.8) is 0 Å². The molecule has 1 aromatic carbocycles. The molecule has 1 aromatic rings. The molecule has 133 valence electrons. The van der Waals surface area contributed by atoms with E-state index < -0.39 is 18.3 Å². The summed E-state index contributed by atoms with van der Waals surface area (Å²) in [6, 6.07) is 8.85. The minimum atomic E-state index is -1.79. The maximum atomic E-state index is 6.01. The first-order chi connectivity index (χ1) is 10.3. The van der Waals surface area contributed by atoms with Gasteiger partial charge in [-0.2, -0.15) is 0 Å². The van der Waals surface area contributed by atoms with Crippen LogP contribution in [0.5, 0.6) is 0 Å². The van der Waals surface area contributed by atoms with Gasteiger partial charge in [0.2, 0.25) is 0 Å². The van der Waals surface area contributed by atoms with E-state index in [1.54, 1.807) is 0 Å². The van der Waals surface area contributed by atoms with Crippen molar-refractivity contribution >= 4 is 9.44 Å². The Bertz CT molecular complexity index is 591. The zero-order chi connectivity index (χ0) is 16.3. The van der Waals surface area contributed by atoms with Gasteiger partial charge in [0.1, 0.15) is 0 Å². The van der Waals surface area contributed by atoms with Crippen LogP contribution in [0.1, 0.15) is 32.8 Å². The van der Waals surface area contributed by atoms with E-state index in [0.29, 0.717) is 0 Å². The van der Waals surface area contributed by atoms with Crippen LogP contribution in [0.3, 0.4) is 0 Å². The molecule has 2 nitrogen and oxygen atoms in total. The second-order valence-corrected chi connectivity index (χ2v) is 12.1. The molecule has 0 N–H and O–H groups in total. The SMILES string of the molecule is C[O][Ti+2]([c]1ccccc1C1=CC(CN(C)C)=CC1)[C](C)(C)C.[Cl-].[Cl-]. The smallest absolute Gasteiger partial charge is 1.00 e. The Balaban J connectivity index is 0.00000264. The van der Waals surface area contributed by atoms with Crippen LogP contribution in [0.25, 0.3) is 5.57 Å². The Labute approximate surface area is 166 Å². The Morgan fingerprint density at radius 1 is 1.12 bits per heavy atom. The summed E-state index contributed by atoms with van der Waals surface area (Å²) < 4.78 is 7.71. The fraction of sp³-hybridized carbons (Fsp3) is 0.474. The van der Waals surface area contributed by atoms with Crippen LogP contribution < -0.4 is 28.7 Å². The predicted octanol–water partition coefficient (Wildman–Crippen LogP) is -2.01. The van der Waals surface area contributed by atoms with E-state index in [1.165, 1.54) is 20.6 Å². The molecule has 0 aliphatic heterocycles. The van der Waals surface area contributed by atoms with Crippen molar-refractivity contribution in [3.05, 3.63) is 47.6 Å². The van der Waals surface area contributed by atoms with Crippen molar-refractivity contribution in [2.75, 3.05) is 27.7 Å². The van der Waals surface area contributed by atoms with Crippen LogP contribution in [0.2, 0.25) is 3.72 Å². The van der Waals surface area contributed by atoms with E-state index in [4.69, 9.17) is 3.32 Å². The molecular weight excluding hydrogens is 377 g/mol. The molecule has 0 radical (unpaired) electrons. The summed E-state index contributed by atoms with van der Waals surface area (Å²) in [5, 5.41) is 0. The summed E-state index contributed by atoms with van der Waals surface area (Å²) in [5.41, 5.74) is 4.27. The number of nitrogens with zero attached hydrogens (tertiary/aromatic N) is 1. The predicted molar refractivity (Wildman–Crippen MR) is 92.0 cm³/mol. The molecule has 0 heterocycles. The molecule has 0 fully saturated rings. The Morgan fingerprint density at radius 2 is 1.75 bits per heavy atom. The third-order valence-corrected chi connectivity index (χ3v) is 8.06. The van der Waals surface area contributed by atoms with Crippen molar-refractivity contribution in [2.45, 2.75) is 30.9 Å². The first-order valence-corrected chi connectivity index (χ1v) is 10.1. The molecule has 0 aromatic heterocycles. The second-order valence-electron chi connectivity index (χ2n) is 7.22. The van der Waals surface area contributed by atoms with Crippen LogP contribution in [0.15, 0.2) is 42.0 Å². The number of rotatable bonds is 5. The van der Waals surface area contributed by atoms with Gasteiger partial charge in [0.05, 0.1) is 0 Å². The molecule has 0 unspecified atom stereocenters. The van der Waals surface area contributed by atoms with Crippen molar-refractivity contribution in [2.24, 2.45) is 0 Å². The monoisotopic (exact) mass is 404 g/mol. The van der Waals surface area contributed by atoms with Crippen molar-refractivity contribution in [3.8, 4) is 0 Å². The molecule has 0 amide bonds. The summed E-state index contributed by atoms with van der Waals surface area (Å²) >= 11 is -1.79. The molecule has 5 heteroatoms. The number of likely N-dealkylation sites (N-methyl/N-ethyl adjacent to an activating group) is 1. The third-order valence-electron chi connectivity index (χ3n) is 3.85. The molecule has 1 aliphatic carbocycles. The number of halogens is 2. The number of hydrogen-bond acceptors (Lipinski definition) is 2. The average Bonchev–Trinajstić information content (AvgIpc) is 2.86. The largest absolute Gasteiger partial charge is 1.00 e. The molecule has 0 spiro atoms. The van der Waals surface area contributed by atoms with E-state index in [2.05, 4.69) is 76.2 Å². The Morgan fingerprint density at radius 3 is 2.29 bits per heavy atom. The minimum absolute atomic E-state index is 0. The van der Waals surface area contributed by atoms with Gasteiger partial charge in [0, 0.05) is 0 Å². The molecule has 0 saturated carbocycles. The van der Waals surface area contributed by atoms with Crippen molar-refractivity contribution in [1.29, 1.82) is 0 Å². The van der Waals surface area contributed by atoms with Gasteiger partial charge in [-0.05, 0) is 0 Å². The van der Waals surface area contributed by atoms with Crippen LogP contribution in [0.4, 0.5) is 0 Å². The molecule has 24 heavy (non-hydrogen) atoms. The van der Waals surface area contributed by atoms with Gasteiger partial charge < -0.3 is 24.8 Å². The van der Waals surface area contributed by atoms with Gasteiger partial charge in [-0.3, -0.25) is 0 Å². The maximum Gasteiger partial charge on any atom is -1.00 e. The summed E-state index contributed by atoms with van der Waals surface area (Å²) in [5.74, 6) is 0. The summed E-state index contributed by atoms with van der Waals surface area (Å²) in [6.45, 7) is 7.93. The number of hydrogen-bond donors (Lipinski definition) is 0. The van der Waals surface area contributed by atoms with Crippen molar-refractivity contribution in [1.82, 2.24) is 4.90 Å². The average molecular weight is 405 g/mol. The minimum Gasteiger partial charge on any atom is -1.00 e. The Hall–Kier alpha value is -0.0857. The summed E-state index contributed by atoms with van der Waals surface area (Å²) in [7, 11) is 6.13. The quantitative estimate of drug-likeness (QED) is 0.526. The standard InChI is InChI=1S/C14H16N.C4H9.CH3O.2ClH.Ti/c1-15(2)11-12-8-9-14(10-12)13-6-4-3-5-7-13;1-4(2)3;1-2;;;/h3-6,8,10H,9,11H2,1-2H3;1-3H3;1H3;2*1H;/q;;-1;;;+3/p-2. The van der Waals surface area contributed by atoms with Gasteiger partial charge in [-0.25, -0.2) is 0 Å². The second kappa shape index (κ2) is 10.2. The summed E-state index contributed by atoms with van der Waals surface area (Å²) in [6.07, 6.45) is 5.77. The van der Waals surface area contributed by atoms with Gasteiger partial charge in [-0.1, -0.05) is 0 Å². The zero-order valence-corrected chi connectivity index (χ0v) is 18.6. The molecule has 0 atom stereocenters. The first kappa shape index (κ1) is 23.9. The normalized spacial score (nSPS) is 13.8. The fourth-order valence-electron chi connectivity index (χ4n) is 3.03. The van der Waals surface area contributed by atoms with Gasteiger partial charge >= 0.3 is 142 Å². The van der Waals surface area contributed by atoms with Gasteiger partial charge in [-0.15, -0.1) is 0 Å². The molecule has 0 saturated heterocycles. The number of allylic oxidation sites excluding steroid dienone is 2. The molecule has 1 aliphatic rings. The topological polar surface area (TPSA) is 12.5 Å². The molecular formula is C19H28Cl2NOTi. The van der Waals surface area contributed by atoms with Gasteiger partial charge in [0.15, 0.2) is 0 Å². The van der Waals surface area contributed by atoms with Crippen LogP contribution in [0, 0.1) is 0 Å². The Kier molecular flexibility index (Phi) is 10.1. The fourth-order valence-corrected chi connectivity index (χ4v) is 6.74. The van der Waals surface area contributed by atoms with Crippen LogP contribution >= 0.6 is 0 Å². The van der Waals surface area contributed by atoms with E-state index in [-0.39, 0.29) is 28.5 Å². The van der Waals surface area contributed by atoms with E-state index in [9.17, 15) is 0 Å². The maximum absolute atomic E-state index is 6.01. The zero-order valence-electron chi connectivity index (χ0n) is 15.5. The van der Waals surface area contributed by atoms with E-state index in [0.717, 1.165) is 13.0 Å². The van der Waals surface area contributed by atoms with Crippen LogP contribution in [-0.2, 0) is 21.6 Å². The molecule has 2 rings (SSSR count). The van der Waals surface area contributed by atoms with E-state index in [1.807, 2.05) is 7.11 Å². The summed E-state index contributed by atoms with van der Waals surface area (Å²) in [4.78, 5) is 2.22. The van der Waals surface area contributed by atoms with E-state index >= 15 is 0 Å². The van der Waals surface area contributed by atoms with Crippen LogP contribution in [-0.4, -0.2) is 32.6 Å². The third kappa shape index (κ3) is 6.02. The van der Waals surface area contributed by atoms with Crippen molar-refractivity contribution < 1.29 is 46.4 Å². The number of benzene rings is 1. The van der Waals surface area contributed by atoms with Gasteiger partial charge in [0.25, 0.3) is 0 Å². The first-order valence-electron chi connectivity index (χ1n) is 7.88.